The Morgan fingerprint density at radius 2 is 2.24 bits per heavy atom. The molecule has 0 atom stereocenters. The van der Waals surface area contributed by atoms with Crippen LogP contribution in [0.2, 0.25) is 0 Å². The lowest BCUT2D eigenvalue weighted by Gasteiger charge is -2.40. The lowest BCUT2D eigenvalue weighted by Crippen LogP contribution is -2.49. The van der Waals surface area contributed by atoms with E-state index in [2.05, 4.69) is 10.7 Å². The van der Waals surface area contributed by atoms with Crippen molar-refractivity contribution in [3.05, 3.63) is 33.9 Å². The number of hydrogen-bond donors (Lipinski definition) is 3. The van der Waals surface area contributed by atoms with Crippen LogP contribution >= 0.6 is 0 Å². The van der Waals surface area contributed by atoms with Crippen LogP contribution in [0, 0.1) is 10.1 Å². The average Bonchev–Trinajstić information content (AvgIpc) is 2.45. The fraction of sp³-hybridized carbons (Fsp3) is 0.462. The third kappa shape index (κ3) is 3.11. The molecule has 1 aromatic rings. The number of carbonyl (C=O) groups is 1. The van der Waals surface area contributed by atoms with Crippen molar-refractivity contribution in [2.24, 2.45) is 5.84 Å². The Balaban J connectivity index is 2.07. The Hall–Kier alpha value is -2.19. The van der Waals surface area contributed by atoms with Crippen molar-refractivity contribution in [2.75, 3.05) is 19.1 Å². The molecule has 8 heteroatoms. The molecule has 1 aliphatic carbocycles. The number of nitrogens with zero attached hydrogens (tertiary/aromatic N) is 1. The van der Waals surface area contributed by atoms with Crippen LogP contribution in [0.5, 0.6) is 0 Å². The molecule has 0 radical (unpaired) electrons. The Morgan fingerprint density at radius 3 is 2.71 bits per heavy atom. The number of hydrazine groups is 1. The number of nitrogen functional groups attached to an aromatic ring is 1. The predicted molar refractivity (Wildman–Crippen MR) is 76.8 cm³/mol. The number of hydrogen-bond acceptors (Lipinski definition) is 6. The van der Waals surface area contributed by atoms with Gasteiger partial charge in [0.25, 0.3) is 11.6 Å². The third-order valence-electron chi connectivity index (χ3n) is 3.88. The van der Waals surface area contributed by atoms with Gasteiger partial charge in [-0.3, -0.25) is 20.8 Å². The fourth-order valence-electron chi connectivity index (χ4n) is 2.32. The number of carbonyl (C=O) groups excluding carboxylic acids is 1. The standard InChI is InChI=1S/C13H18N4O4/c1-21-13(5-2-6-13)8-15-12(18)9-3-4-11(17(19)20)10(7-9)16-14/h3-4,7,16H,2,5-6,8,14H2,1H3,(H,15,18). The first-order valence-electron chi connectivity index (χ1n) is 6.60. The number of nitrogens with two attached hydrogens (primary N) is 1. The van der Waals surface area contributed by atoms with E-state index in [1.54, 1.807) is 7.11 Å². The van der Waals surface area contributed by atoms with Crippen molar-refractivity contribution in [3.63, 3.8) is 0 Å². The molecular weight excluding hydrogens is 276 g/mol. The smallest absolute Gasteiger partial charge is 0.293 e. The molecule has 1 aromatic carbocycles. The number of nitro benzene ring substituents is 1. The Kier molecular flexibility index (Phi) is 4.39. The zero-order chi connectivity index (χ0) is 15.5. The summed E-state index contributed by atoms with van der Waals surface area (Å²) >= 11 is 0. The van der Waals surface area contributed by atoms with Gasteiger partial charge in [0.1, 0.15) is 5.69 Å². The van der Waals surface area contributed by atoms with Crippen molar-refractivity contribution in [1.82, 2.24) is 5.32 Å². The molecule has 1 aliphatic rings. The highest BCUT2D eigenvalue weighted by molar-refractivity contribution is 5.95. The highest BCUT2D eigenvalue weighted by Gasteiger charge is 2.37. The lowest BCUT2D eigenvalue weighted by atomic mass is 9.80. The SMILES string of the molecule is COC1(CNC(=O)c2ccc([N+](=O)[O-])c(NN)c2)CCC1. The molecule has 2 rings (SSSR count). The minimum atomic E-state index is -0.564. The number of ether oxygens (including phenoxy) is 1. The second-order valence-corrected chi connectivity index (χ2v) is 5.06. The Bertz CT molecular complexity index is 552. The lowest BCUT2D eigenvalue weighted by molar-refractivity contribution is -0.384. The van der Waals surface area contributed by atoms with Gasteiger partial charge in [-0.2, -0.15) is 0 Å². The molecule has 1 fully saturated rings. The minimum absolute atomic E-state index is 0.0951. The van der Waals surface area contributed by atoms with Gasteiger partial charge < -0.3 is 15.5 Å². The summed E-state index contributed by atoms with van der Waals surface area (Å²) in [6.07, 6.45) is 2.92. The molecule has 8 nitrogen and oxygen atoms in total. The maximum atomic E-state index is 12.1. The number of rotatable bonds is 6. The van der Waals surface area contributed by atoms with Gasteiger partial charge in [-0.15, -0.1) is 0 Å². The van der Waals surface area contributed by atoms with Crippen LogP contribution in [0.15, 0.2) is 18.2 Å². The van der Waals surface area contributed by atoms with Crippen molar-refractivity contribution in [3.8, 4) is 0 Å². The molecule has 0 bridgehead atoms. The molecular formula is C13H18N4O4. The molecule has 0 aromatic heterocycles. The highest BCUT2D eigenvalue weighted by atomic mass is 16.6. The van der Waals surface area contributed by atoms with Gasteiger partial charge in [-0.25, -0.2) is 0 Å². The van der Waals surface area contributed by atoms with E-state index in [9.17, 15) is 14.9 Å². The van der Waals surface area contributed by atoms with Crippen molar-refractivity contribution >= 4 is 17.3 Å². The van der Waals surface area contributed by atoms with Crippen molar-refractivity contribution in [2.45, 2.75) is 24.9 Å². The minimum Gasteiger partial charge on any atom is -0.376 e. The van der Waals surface area contributed by atoms with Crippen LogP contribution in [0.25, 0.3) is 0 Å². The van der Waals surface area contributed by atoms with Crippen molar-refractivity contribution in [1.29, 1.82) is 0 Å². The van der Waals surface area contributed by atoms with Crippen molar-refractivity contribution < 1.29 is 14.5 Å². The topological polar surface area (TPSA) is 120 Å². The number of methoxy groups -OCH3 is 1. The van der Waals surface area contributed by atoms with E-state index in [1.165, 1.54) is 18.2 Å². The van der Waals surface area contributed by atoms with Gasteiger partial charge in [0.15, 0.2) is 0 Å². The predicted octanol–water partition coefficient (Wildman–Crippen LogP) is 1.18. The summed E-state index contributed by atoms with van der Waals surface area (Å²) in [5, 5.41) is 13.6. The molecule has 114 valence electrons. The Morgan fingerprint density at radius 1 is 1.52 bits per heavy atom. The first-order chi connectivity index (χ1) is 10.0. The highest BCUT2D eigenvalue weighted by Crippen LogP contribution is 2.34. The maximum absolute atomic E-state index is 12.1. The third-order valence-corrected chi connectivity index (χ3v) is 3.88. The van der Waals surface area contributed by atoms with E-state index >= 15 is 0 Å². The van der Waals surface area contributed by atoms with E-state index in [-0.39, 0.29) is 22.9 Å². The summed E-state index contributed by atoms with van der Waals surface area (Å²) < 4.78 is 5.42. The zero-order valence-electron chi connectivity index (χ0n) is 11.7. The van der Waals surface area contributed by atoms with E-state index in [4.69, 9.17) is 10.6 Å². The zero-order valence-corrected chi connectivity index (χ0v) is 11.7. The van der Waals surface area contributed by atoms with E-state index in [0.29, 0.717) is 12.1 Å². The van der Waals surface area contributed by atoms with Gasteiger partial charge in [0.05, 0.1) is 10.5 Å². The molecule has 1 amide bonds. The van der Waals surface area contributed by atoms with Gasteiger partial charge in [0, 0.05) is 25.3 Å². The Labute approximate surface area is 121 Å². The molecule has 0 spiro atoms. The van der Waals surface area contributed by atoms with Crippen LogP contribution in [-0.4, -0.2) is 30.1 Å². The van der Waals surface area contributed by atoms with E-state index in [0.717, 1.165) is 19.3 Å². The summed E-state index contributed by atoms with van der Waals surface area (Å²) in [5.41, 5.74) is 2.18. The number of amides is 1. The van der Waals surface area contributed by atoms with Gasteiger partial charge >= 0.3 is 0 Å². The molecule has 0 saturated heterocycles. The van der Waals surface area contributed by atoms with Crippen LogP contribution < -0.4 is 16.6 Å². The number of nitro groups is 1. The summed E-state index contributed by atoms with van der Waals surface area (Å²) in [7, 11) is 1.63. The number of benzene rings is 1. The summed E-state index contributed by atoms with van der Waals surface area (Å²) in [6, 6.07) is 4.00. The van der Waals surface area contributed by atoms with E-state index < -0.39 is 4.92 Å². The monoisotopic (exact) mass is 294 g/mol. The molecule has 0 aliphatic heterocycles. The average molecular weight is 294 g/mol. The van der Waals surface area contributed by atoms with Crippen LogP contribution in [0.3, 0.4) is 0 Å². The normalized spacial score (nSPS) is 15.9. The quantitative estimate of drug-likeness (QED) is 0.411. The largest absolute Gasteiger partial charge is 0.376 e. The first-order valence-corrected chi connectivity index (χ1v) is 6.60. The number of anilines is 1. The van der Waals surface area contributed by atoms with Crippen LogP contribution in [0.1, 0.15) is 29.6 Å². The molecule has 21 heavy (non-hydrogen) atoms. The molecule has 0 heterocycles. The van der Waals surface area contributed by atoms with Crippen LogP contribution in [-0.2, 0) is 4.74 Å². The molecule has 0 unspecified atom stereocenters. The summed E-state index contributed by atoms with van der Waals surface area (Å²) in [4.78, 5) is 22.3. The number of nitrogens with one attached hydrogen (secondary N) is 2. The molecule has 4 N–H and O–H groups in total. The second-order valence-electron chi connectivity index (χ2n) is 5.06. The van der Waals surface area contributed by atoms with E-state index in [1.807, 2.05) is 0 Å². The molecule has 1 saturated carbocycles. The van der Waals surface area contributed by atoms with Gasteiger partial charge in [-0.05, 0) is 31.4 Å². The van der Waals surface area contributed by atoms with Gasteiger partial charge in [0.2, 0.25) is 0 Å². The van der Waals surface area contributed by atoms with Crippen LogP contribution in [0.4, 0.5) is 11.4 Å². The summed E-state index contributed by atoms with van der Waals surface area (Å²) in [6.45, 7) is 0.421. The maximum Gasteiger partial charge on any atom is 0.293 e. The summed E-state index contributed by atoms with van der Waals surface area (Å²) in [5.74, 6) is 4.93. The van der Waals surface area contributed by atoms with Gasteiger partial charge in [-0.1, -0.05) is 0 Å². The first kappa shape index (κ1) is 15.2. The second kappa shape index (κ2) is 6.06. The fourth-order valence-corrected chi connectivity index (χ4v) is 2.32.